The molecule has 20 heavy (non-hydrogen) atoms. The Balaban J connectivity index is 1.92. The number of piperidine rings is 1. The molecule has 1 heterocycles. The Morgan fingerprint density at radius 2 is 2.00 bits per heavy atom. The first-order valence-corrected chi connectivity index (χ1v) is 6.73. The second kappa shape index (κ2) is 6.03. The van der Waals surface area contributed by atoms with E-state index in [0.717, 1.165) is 5.56 Å². The third-order valence-electron chi connectivity index (χ3n) is 3.77. The van der Waals surface area contributed by atoms with Crippen molar-refractivity contribution >= 4 is 11.9 Å². The van der Waals surface area contributed by atoms with Crippen molar-refractivity contribution in [1.29, 1.82) is 0 Å². The van der Waals surface area contributed by atoms with Crippen LogP contribution in [0.25, 0.3) is 0 Å². The van der Waals surface area contributed by atoms with Gasteiger partial charge < -0.3 is 10.0 Å². The van der Waals surface area contributed by atoms with Crippen molar-refractivity contribution in [3.8, 4) is 0 Å². The summed E-state index contributed by atoms with van der Waals surface area (Å²) in [7, 11) is 0. The van der Waals surface area contributed by atoms with Crippen LogP contribution in [-0.2, 0) is 16.0 Å². The summed E-state index contributed by atoms with van der Waals surface area (Å²) in [5.74, 6) is -1.43. The maximum atomic E-state index is 13.2. The molecule has 0 bridgehead atoms. The number of rotatable bonds is 3. The molecular formula is C15H18FNO3. The van der Waals surface area contributed by atoms with E-state index in [1.807, 2.05) is 0 Å². The fourth-order valence-corrected chi connectivity index (χ4v) is 2.48. The van der Waals surface area contributed by atoms with E-state index >= 15 is 0 Å². The van der Waals surface area contributed by atoms with Crippen molar-refractivity contribution in [1.82, 2.24) is 4.90 Å². The smallest absolute Gasteiger partial charge is 0.306 e. The summed E-state index contributed by atoms with van der Waals surface area (Å²) in [5, 5.41) is 8.92. The summed E-state index contributed by atoms with van der Waals surface area (Å²) in [6.45, 7) is 2.63. The largest absolute Gasteiger partial charge is 0.481 e. The lowest BCUT2D eigenvalue weighted by molar-refractivity contribution is -0.145. The van der Waals surface area contributed by atoms with Crippen molar-refractivity contribution < 1.29 is 19.1 Å². The van der Waals surface area contributed by atoms with Gasteiger partial charge in [-0.3, -0.25) is 9.59 Å². The molecule has 4 nitrogen and oxygen atoms in total. The Morgan fingerprint density at radius 3 is 2.55 bits per heavy atom. The average molecular weight is 279 g/mol. The number of aryl methyl sites for hydroxylation is 1. The normalized spacial score (nSPS) is 16.2. The predicted octanol–water partition coefficient (Wildman–Crippen LogP) is 2.00. The maximum Gasteiger partial charge on any atom is 0.306 e. The summed E-state index contributed by atoms with van der Waals surface area (Å²) < 4.78 is 13.2. The first-order valence-electron chi connectivity index (χ1n) is 6.73. The van der Waals surface area contributed by atoms with Gasteiger partial charge in [0.2, 0.25) is 5.91 Å². The van der Waals surface area contributed by atoms with E-state index in [4.69, 9.17) is 5.11 Å². The Bertz CT molecular complexity index is 522. The van der Waals surface area contributed by atoms with Gasteiger partial charge in [0.15, 0.2) is 0 Å². The van der Waals surface area contributed by atoms with Crippen LogP contribution in [0.15, 0.2) is 18.2 Å². The molecule has 0 aliphatic carbocycles. The number of carbonyl (C=O) groups excluding carboxylic acids is 1. The van der Waals surface area contributed by atoms with Crippen LogP contribution in [0, 0.1) is 18.7 Å². The number of nitrogens with zero attached hydrogens (tertiary/aromatic N) is 1. The lowest BCUT2D eigenvalue weighted by atomic mass is 9.96. The van der Waals surface area contributed by atoms with Gasteiger partial charge in [-0.1, -0.05) is 12.1 Å². The number of aliphatic carboxylic acids is 1. The highest BCUT2D eigenvalue weighted by molar-refractivity contribution is 5.79. The first kappa shape index (κ1) is 14.5. The van der Waals surface area contributed by atoms with Gasteiger partial charge in [0.1, 0.15) is 5.82 Å². The second-order valence-electron chi connectivity index (χ2n) is 5.25. The van der Waals surface area contributed by atoms with E-state index in [1.54, 1.807) is 24.0 Å². The van der Waals surface area contributed by atoms with E-state index in [-0.39, 0.29) is 24.1 Å². The molecule has 108 valence electrons. The highest BCUT2D eigenvalue weighted by Gasteiger charge is 2.26. The Labute approximate surface area is 117 Å². The monoisotopic (exact) mass is 279 g/mol. The zero-order valence-electron chi connectivity index (χ0n) is 11.4. The van der Waals surface area contributed by atoms with Crippen molar-refractivity contribution in [3.05, 3.63) is 35.1 Å². The van der Waals surface area contributed by atoms with E-state index < -0.39 is 5.97 Å². The predicted molar refractivity (Wildman–Crippen MR) is 71.8 cm³/mol. The molecule has 1 amide bonds. The number of hydrogen-bond acceptors (Lipinski definition) is 2. The Morgan fingerprint density at radius 1 is 1.35 bits per heavy atom. The van der Waals surface area contributed by atoms with Crippen molar-refractivity contribution in [2.45, 2.75) is 26.2 Å². The van der Waals surface area contributed by atoms with E-state index in [9.17, 15) is 14.0 Å². The SMILES string of the molecule is Cc1cc(CC(=O)N2CCC(C(=O)O)CC2)ccc1F. The molecule has 1 aromatic carbocycles. The van der Waals surface area contributed by atoms with Gasteiger partial charge in [0.05, 0.1) is 12.3 Å². The lowest BCUT2D eigenvalue weighted by Crippen LogP contribution is -2.41. The molecule has 1 aliphatic heterocycles. The standard InChI is InChI=1S/C15H18FNO3/c1-10-8-11(2-3-13(10)16)9-14(18)17-6-4-12(5-7-17)15(19)20/h2-3,8,12H,4-7,9H2,1H3,(H,19,20). The number of hydrogen-bond donors (Lipinski definition) is 1. The number of halogens is 1. The average Bonchev–Trinajstić information content (AvgIpc) is 2.43. The molecule has 0 aromatic heterocycles. The summed E-state index contributed by atoms with van der Waals surface area (Å²) in [6, 6.07) is 4.66. The number of carboxylic acids is 1. The van der Waals surface area contributed by atoms with Crippen LogP contribution >= 0.6 is 0 Å². The quantitative estimate of drug-likeness (QED) is 0.920. The lowest BCUT2D eigenvalue weighted by Gasteiger charge is -2.30. The molecule has 0 unspecified atom stereocenters. The first-order chi connectivity index (χ1) is 9.47. The van der Waals surface area contributed by atoms with E-state index in [0.29, 0.717) is 31.5 Å². The second-order valence-corrected chi connectivity index (χ2v) is 5.25. The van der Waals surface area contributed by atoms with Gasteiger partial charge in [-0.25, -0.2) is 4.39 Å². The van der Waals surface area contributed by atoms with E-state index in [2.05, 4.69) is 0 Å². The van der Waals surface area contributed by atoms with Crippen LogP contribution in [-0.4, -0.2) is 35.0 Å². The van der Waals surface area contributed by atoms with Gasteiger partial charge >= 0.3 is 5.97 Å². The zero-order chi connectivity index (χ0) is 14.7. The highest BCUT2D eigenvalue weighted by atomic mass is 19.1. The fraction of sp³-hybridized carbons (Fsp3) is 0.467. The molecule has 0 saturated carbocycles. The minimum Gasteiger partial charge on any atom is -0.481 e. The van der Waals surface area contributed by atoms with Gasteiger partial charge in [-0.2, -0.15) is 0 Å². The summed E-state index contributed by atoms with van der Waals surface area (Å²) in [6.07, 6.45) is 1.24. The highest BCUT2D eigenvalue weighted by Crippen LogP contribution is 2.18. The molecule has 2 rings (SSSR count). The third-order valence-corrected chi connectivity index (χ3v) is 3.77. The van der Waals surface area contributed by atoms with Gasteiger partial charge in [-0.05, 0) is 37.0 Å². The maximum absolute atomic E-state index is 13.2. The van der Waals surface area contributed by atoms with Crippen LogP contribution in [0.4, 0.5) is 4.39 Å². The number of benzene rings is 1. The van der Waals surface area contributed by atoms with Gasteiger partial charge in [0.25, 0.3) is 0 Å². The van der Waals surface area contributed by atoms with Crippen LogP contribution in [0.2, 0.25) is 0 Å². The van der Waals surface area contributed by atoms with Crippen molar-refractivity contribution in [3.63, 3.8) is 0 Å². The van der Waals surface area contributed by atoms with Crippen LogP contribution in [0.5, 0.6) is 0 Å². The molecule has 5 heteroatoms. The molecule has 0 atom stereocenters. The number of amides is 1. The molecule has 1 aliphatic rings. The number of likely N-dealkylation sites (tertiary alicyclic amines) is 1. The molecule has 0 radical (unpaired) electrons. The van der Waals surface area contributed by atoms with Crippen LogP contribution in [0.1, 0.15) is 24.0 Å². The molecular weight excluding hydrogens is 261 g/mol. The Hall–Kier alpha value is -1.91. The molecule has 1 N–H and O–H groups in total. The van der Waals surface area contributed by atoms with Crippen LogP contribution < -0.4 is 0 Å². The number of carboxylic acid groups (broad SMARTS) is 1. The zero-order valence-corrected chi connectivity index (χ0v) is 11.4. The summed E-state index contributed by atoms with van der Waals surface area (Å²) >= 11 is 0. The van der Waals surface area contributed by atoms with Gasteiger partial charge in [0, 0.05) is 13.1 Å². The minimum atomic E-state index is -0.786. The minimum absolute atomic E-state index is 0.0279. The summed E-state index contributed by atoms with van der Waals surface area (Å²) in [5.41, 5.74) is 1.31. The van der Waals surface area contributed by atoms with Crippen LogP contribution in [0.3, 0.4) is 0 Å². The third kappa shape index (κ3) is 3.35. The van der Waals surface area contributed by atoms with Gasteiger partial charge in [-0.15, -0.1) is 0 Å². The van der Waals surface area contributed by atoms with Crippen molar-refractivity contribution in [2.24, 2.45) is 5.92 Å². The topological polar surface area (TPSA) is 57.6 Å². The molecule has 1 saturated heterocycles. The molecule has 0 spiro atoms. The Kier molecular flexibility index (Phi) is 4.37. The van der Waals surface area contributed by atoms with Crippen molar-refractivity contribution in [2.75, 3.05) is 13.1 Å². The van der Waals surface area contributed by atoms with E-state index in [1.165, 1.54) is 6.07 Å². The number of carbonyl (C=O) groups is 2. The fourth-order valence-electron chi connectivity index (χ4n) is 2.48. The summed E-state index contributed by atoms with van der Waals surface area (Å²) in [4.78, 5) is 24.7. The molecule has 1 aromatic rings. The molecule has 1 fully saturated rings.